The number of anilines is 1. The third-order valence-electron chi connectivity index (χ3n) is 3.59. The van der Waals surface area contributed by atoms with E-state index in [4.69, 9.17) is 4.74 Å². The van der Waals surface area contributed by atoms with E-state index < -0.39 is 0 Å². The molecule has 0 radical (unpaired) electrons. The molecule has 0 amide bonds. The summed E-state index contributed by atoms with van der Waals surface area (Å²) in [7, 11) is 1.67. The van der Waals surface area contributed by atoms with Gasteiger partial charge in [0.2, 0.25) is 0 Å². The minimum absolute atomic E-state index is 0.271. The lowest BCUT2D eigenvalue weighted by Crippen LogP contribution is -2.04. The third-order valence-corrected chi connectivity index (χ3v) is 3.59. The number of halogens is 1. The molecule has 0 saturated heterocycles. The molecule has 5 heteroatoms. The van der Waals surface area contributed by atoms with Crippen LogP contribution in [0, 0.1) is 5.82 Å². The lowest BCUT2D eigenvalue weighted by molar-refractivity contribution is 0.185. The van der Waals surface area contributed by atoms with Crippen LogP contribution in [0.4, 0.5) is 10.1 Å². The predicted octanol–water partition coefficient (Wildman–Crippen LogP) is 3.77. The van der Waals surface area contributed by atoms with E-state index in [1.54, 1.807) is 42.5 Å². The molecule has 0 aliphatic rings. The highest BCUT2D eigenvalue weighted by Gasteiger charge is 2.06. The van der Waals surface area contributed by atoms with E-state index in [9.17, 15) is 4.39 Å². The Labute approximate surface area is 134 Å². The van der Waals surface area contributed by atoms with Gasteiger partial charge >= 0.3 is 0 Å². The second-order valence-electron chi connectivity index (χ2n) is 5.20. The lowest BCUT2D eigenvalue weighted by Gasteiger charge is -2.12. The predicted molar refractivity (Wildman–Crippen MR) is 88.0 cm³/mol. The summed E-state index contributed by atoms with van der Waals surface area (Å²) in [6.07, 6.45) is 4.93. The highest BCUT2D eigenvalue weighted by molar-refractivity contribution is 5.51. The van der Waals surface area contributed by atoms with E-state index in [-0.39, 0.29) is 5.82 Å². The van der Waals surface area contributed by atoms with Crippen molar-refractivity contribution in [3.8, 4) is 5.69 Å². The number of hydrogen-bond acceptors (Lipinski definition) is 3. The highest BCUT2D eigenvalue weighted by atomic mass is 19.1. The molecule has 0 aliphatic heterocycles. The summed E-state index contributed by atoms with van der Waals surface area (Å²) < 4.78 is 21.1. The molecule has 0 atom stereocenters. The molecule has 0 bridgehead atoms. The Morgan fingerprint density at radius 2 is 2.09 bits per heavy atom. The summed E-state index contributed by atoms with van der Waals surface area (Å²) in [5.74, 6) is -0.271. The minimum atomic E-state index is -0.271. The average Bonchev–Trinajstić information content (AvgIpc) is 3.08. The molecule has 0 fully saturated rings. The largest absolute Gasteiger partial charge is 0.381 e. The number of rotatable bonds is 6. The van der Waals surface area contributed by atoms with Crippen molar-refractivity contribution in [2.24, 2.45) is 0 Å². The van der Waals surface area contributed by atoms with Crippen LogP contribution < -0.4 is 5.32 Å². The van der Waals surface area contributed by atoms with Gasteiger partial charge in [-0.25, -0.2) is 9.37 Å². The number of para-hydroxylation sites is 1. The van der Waals surface area contributed by atoms with Crippen LogP contribution in [0.2, 0.25) is 0 Å². The maximum absolute atomic E-state index is 14.2. The minimum Gasteiger partial charge on any atom is -0.381 e. The topological polar surface area (TPSA) is 39.1 Å². The summed E-state index contributed by atoms with van der Waals surface area (Å²) in [5.41, 5.74) is 3.43. The van der Waals surface area contributed by atoms with Gasteiger partial charge in [0.1, 0.15) is 5.82 Å². The van der Waals surface area contributed by atoms with Gasteiger partial charge in [-0.3, -0.25) is 0 Å². The van der Waals surface area contributed by atoms with Gasteiger partial charge in [0.15, 0.2) is 0 Å². The highest BCUT2D eigenvalue weighted by Crippen LogP contribution is 2.19. The molecule has 3 aromatic rings. The first-order valence-electron chi connectivity index (χ1n) is 7.35. The van der Waals surface area contributed by atoms with Crippen molar-refractivity contribution in [2.75, 3.05) is 12.4 Å². The molecule has 1 heterocycles. The van der Waals surface area contributed by atoms with E-state index in [1.807, 2.05) is 30.3 Å². The first kappa shape index (κ1) is 15.2. The van der Waals surface area contributed by atoms with Gasteiger partial charge in [0.25, 0.3) is 0 Å². The Balaban J connectivity index is 1.73. The maximum Gasteiger partial charge on any atom is 0.147 e. The van der Waals surface area contributed by atoms with Crippen molar-refractivity contribution in [3.05, 3.63) is 78.1 Å². The maximum atomic E-state index is 14.2. The Bertz CT molecular complexity index is 772. The van der Waals surface area contributed by atoms with E-state index >= 15 is 0 Å². The molecule has 0 saturated carbocycles. The quantitative estimate of drug-likeness (QED) is 0.753. The van der Waals surface area contributed by atoms with Gasteiger partial charge in [0, 0.05) is 37.3 Å². The summed E-state index contributed by atoms with van der Waals surface area (Å²) in [5, 5.41) is 3.33. The number of hydrogen-bond donors (Lipinski definition) is 1. The van der Waals surface area contributed by atoms with Crippen LogP contribution in [0.25, 0.3) is 5.69 Å². The van der Waals surface area contributed by atoms with E-state index in [1.165, 1.54) is 0 Å². The summed E-state index contributed by atoms with van der Waals surface area (Å²) in [4.78, 5) is 3.94. The van der Waals surface area contributed by atoms with Crippen molar-refractivity contribution >= 4 is 5.69 Å². The number of methoxy groups -OCH3 is 1. The molecule has 0 aliphatic carbocycles. The third kappa shape index (κ3) is 3.57. The molecule has 4 nitrogen and oxygen atoms in total. The van der Waals surface area contributed by atoms with Crippen molar-refractivity contribution in [1.82, 2.24) is 9.55 Å². The molecule has 118 valence electrons. The second-order valence-corrected chi connectivity index (χ2v) is 5.20. The van der Waals surface area contributed by atoms with Crippen LogP contribution in [-0.2, 0) is 17.9 Å². The van der Waals surface area contributed by atoms with E-state index in [0.717, 1.165) is 16.8 Å². The molecular weight excluding hydrogens is 293 g/mol. The smallest absolute Gasteiger partial charge is 0.147 e. The average molecular weight is 311 g/mol. The first-order valence-corrected chi connectivity index (χ1v) is 7.35. The number of nitrogens with one attached hydrogen (secondary N) is 1. The zero-order valence-corrected chi connectivity index (χ0v) is 12.9. The Hall–Kier alpha value is -2.66. The number of imidazole rings is 1. The Kier molecular flexibility index (Phi) is 4.68. The van der Waals surface area contributed by atoms with Gasteiger partial charge in [-0.15, -0.1) is 0 Å². The molecule has 1 N–H and O–H groups in total. The second kappa shape index (κ2) is 7.07. The molecule has 3 rings (SSSR count). The van der Waals surface area contributed by atoms with Gasteiger partial charge in [-0.1, -0.05) is 24.3 Å². The standard InChI is InChI=1S/C18H18FN3O/c1-23-12-15-4-2-3-5-17(15)21-11-14-6-7-18(16(19)10-14)22-9-8-20-13-22/h2-10,13,21H,11-12H2,1H3. The zero-order chi connectivity index (χ0) is 16.1. The fourth-order valence-electron chi connectivity index (χ4n) is 2.44. The fourth-order valence-corrected chi connectivity index (χ4v) is 2.44. The number of aromatic nitrogens is 2. The van der Waals surface area contributed by atoms with Crippen LogP contribution >= 0.6 is 0 Å². The van der Waals surface area contributed by atoms with Crippen molar-refractivity contribution in [3.63, 3.8) is 0 Å². The first-order chi connectivity index (χ1) is 11.3. The lowest BCUT2D eigenvalue weighted by atomic mass is 10.1. The van der Waals surface area contributed by atoms with Gasteiger partial charge in [-0.2, -0.15) is 0 Å². The molecule has 0 spiro atoms. The number of benzene rings is 2. The van der Waals surface area contributed by atoms with E-state index in [2.05, 4.69) is 10.3 Å². The molecule has 23 heavy (non-hydrogen) atoms. The molecule has 0 unspecified atom stereocenters. The fraction of sp³-hybridized carbons (Fsp3) is 0.167. The van der Waals surface area contributed by atoms with Gasteiger partial charge < -0.3 is 14.6 Å². The van der Waals surface area contributed by atoms with Gasteiger partial charge in [0.05, 0.1) is 18.6 Å². The number of nitrogens with zero attached hydrogens (tertiary/aromatic N) is 2. The molecule has 1 aromatic heterocycles. The van der Waals surface area contributed by atoms with E-state index in [0.29, 0.717) is 18.8 Å². The summed E-state index contributed by atoms with van der Waals surface area (Å²) in [6, 6.07) is 13.1. The SMILES string of the molecule is COCc1ccccc1NCc1ccc(-n2ccnc2)c(F)c1. The zero-order valence-electron chi connectivity index (χ0n) is 12.9. The Morgan fingerprint density at radius 1 is 1.22 bits per heavy atom. The van der Waals surface area contributed by atoms with Crippen LogP contribution in [0.1, 0.15) is 11.1 Å². The summed E-state index contributed by atoms with van der Waals surface area (Å²) >= 11 is 0. The molecular formula is C18H18FN3O. The molecule has 2 aromatic carbocycles. The van der Waals surface area contributed by atoms with Crippen LogP contribution in [0.5, 0.6) is 0 Å². The number of ether oxygens (including phenoxy) is 1. The van der Waals surface area contributed by atoms with Crippen LogP contribution in [-0.4, -0.2) is 16.7 Å². The van der Waals surface area contributed by atoms with Crippen molar-refractivity contribution in [1.29, 1.82) is 0 Å². The van der Waals surface area contributed by atoms with Gasteiger partial charge in [-0.05, 0) is 23.8 Å². The Morgan fingerprint density at radius 3 is 2.83 bits per heavy atom. The van der Waals surface area contributed by atoms with Crippen molar-refractivity contribution in [2.45, 2.75) is 13.2 Å². The normalized spacial score (nSPS) is 10.7. The summed E-state index contributed by atoms with van der Waals surface area (Å²) in [6.45, 7) is 1.08. The van der Waals surface area contributed by atoms with Crippen LogP contribution in [0.3, 0.4) is 0 Å². The van der Waals surface area contributed by atoms with Crippen LogP contribution in [0.15, 0.2) is 61.2 Å². The monoisotopic (exact) mass is 311 g/mol. The van der Waals surface area contributed by atoms with Crippen molar-refractivity contribution < 1.29 is 9.13 Å².